The van der Waals surface area contributed by atoms with Gasteiger partial charge in [0.1, 0.15) is 5.82 Å². The lowest BCUT2D eigenvalue weighted by molar-refractivity contribution is -0.138. The first kappa shape index (κ1) is 13.9. The Hall–Kier alpha value is -1.50. The molecule has 7 heteroatoms. The lowest BCUT2D eigenvalue weighted by Crippen LogP contribution is -2.40. The highest BCUT2D eigenvalue weighted by molar-refractivity contribution is 5.67. The molecule has 1 saturated heterocycles. The molecule has 1 aromatic heterocycles. The number of hydrogen-bond acceptors (Lipinski definition) is 3. The summed E-state index contributed by atoms with van der Waals surface area (Å²) in [6, 6.07) is -0.0888. The van der Waals surface area contributed by atoms with E-state index in [1.54, 1.807) is 0 Å². The molecule has 0 radical (unpaired) electrons. The molecule has 0 saturated carbocycles. The van der Waals surface area contributed by atoms with Crippen LogP contribution in [0.2, 0.25) is 0 Å². The fourth-order valence-electron chi connectivity index (χ4n) is 2.53. The Morgan fingerprint density at radius 2 is 2.32 bits per heavy atom. The molecular weight excluding hydrogens is 256 g/mol. The summed E-state index contributed by atoms with van der Waals surface area (Å²) in [4.78, 5) is 16.7. The summed E-state index contributed by atoms with van der Waals surface area (Å²) in [5.74, 6) is -0.568. The summed E-state index contributed by atoms with van der Waals surface area (Å²) in [5.41, 5.74) is 0. The van der Waals surface area contributed by atoms with Gasteiger partial charge in [0.2, 0.25) is 0 Å². The summed E-state index contributed by atoms with van der Waals surface area (Å²) >= 11 is 0. The van der Waals surface area contributed by atoms with Crippen molar-refractivity contribution in [1.82, 2.24) is 14.5 Å². The highest BCUT2D eigenvalue weighted by Crippen LogP contribution is 2.23. The predicted molar refractivity (Wildman–Crippen MR) is 63.8 cm³/mol. The van der Waals surface area contributed by atoms with Gasteiger partial charge in [-0.1, -0.05) is 6.42 Å². The van der Waals surface area contributed by atoms with E-state index in [9.17, 15) is 13.6 Å². The topological polar surface area (TPSA) is 58.4 Å². The van der Waals surface area contributed by atoms with E-state index >= 15 is 0 Å². The molecule has 0 bridgehead atoms. The van der Waals surface area contributed by atoms with Crippen molar-refractivity contribution in [3.05, 3.63) is 18.2 Å². The van der Waals surface area contributed by atoms with Crippen LogP contribution in [-0.4, -0.2) is 38.1 Å². The Kier molecular flexibility index (Phi) is 4.47. The zero-order valence-electron chi connectivity index (χ0n) is 10.5. The van der Waals surface area contributed by atoms with Crippen molar-refractivity contribution in [3.63, 3.8) is 0 Å². The lowest BCUT2D eigenvalue weighted by atomic mass is 9.99. The summed E-state index contributed by atoms with van der Waals surface area (Å²) < 4.78 is 26.3. The molecule has 0 spiro atoms. The molecule has 2 rings (SSSR count). The molecule has 1 unspecified atom stereocenters. The van der Waals surface area contributed by atoms with Crippen LogP contribution in [-0.2, 0) is 11.3 Å². The SMILES string of the molecule is O=C(O)CC1CCCCN1Cc1nccn1C(F)F. The second-order valence-corrected chi connectivity index (χ2v) is 4.75. The van der Waals surface area contributed by atoms with Gasteiger partial charge in [-0.2, -0.15) is 8.78 Å². The van der Waals surface area contributed by atoms with Gasteiger partial charge in [0.05, 0.1) is 13.0 Å². The normalized spacial score (nSPS) is 20.9. The van der Waals surface area contributed by atoms with Crippen molar-refractivity contribution < 1.29 is 18.7 Å². The second kappa shape index (κ2) is 6.10. The standard InChI is InChI=1S/C12H17F2N3O2/c13-12(14)17-6-4-15-10(17)8-16-5-2-1-3-9(16)7-11(18)19/h4,6,9,12H,1-3,5,7-8H2,(H,18,19). The van der Waals surface area contributed by atoms with Crippen molar-refractivity contribution in [1.29, 1.82) is 0 Å². The van der Waals surface area contributed by atoms with E-state index in [-0.39, 0.29) is 24.8 Å². The monoisotopic (exact) mass is 273 g/mol. The smallest absolute Gasteiger partial charge is 0.319 e. The van der Waals surface area contributed by atoms with Gasteiger partial charge in [0, 0.05) is 18.4 Å². The van der Waals surface area contributed by atoms with Crippen LogP contribution in [0.3, 0.4) is 0 Å². The van der Waals surface area contributed by atoms with Crippen LogP contribution in [0.25, 0.3) is 0 Å². The van der Waals surface area contributed by atoms with Gasteiger partial charge in [0.25, 0.3) is 0 Å². The van der Waals surface area contributed by atoms with Crippen molar-refractivity contribution >= 4 is 5.97 Å². The Morgan fingerprint density at radius 1 is 1.53 bits per heavy atom. The molecule has 0 aliphatic carbocycles. The van der Waals surface area contributed by atoms with Crippen molar-refractivity contribution in [2.45, 2.75) is 44.8 Å². The molecule has 1 atom stereocenters. The van der Waals surface area contributed by atoms with Crippen molar-refractivity contribution in [2.24, 2.45) is 0 Å². The summed E-state index contributed by atoms with van der Waals surface area (Å²) in [6.07, 6.45) is 5.38. The first-order valence-electron chi connectivity index (χ1n) is 6.33. The predicted octanol–water partition coefficient (Wildman–Crippen LogP) is 2.11. The van der Waals surface area contributed by atoms with E-state index in [1.807, 2.05) is 4.90 Å². The number of piperidine rings is 1. The molecule has 1 N–H and O–H groups in total. The molecule has 5 nitrogen and oxygen atoms in total. The third kappa shape index (κ3) is 3.50. The van der Waals surface area contributed by atoms with Crippen molar-refractivity contribution in [2.75, 3.05) is 6.54 Å². The van der Waals surface area contributed by atoms with Gasteiger partial charge in [0.15, 0.2) is 0 Å². The molecular formula is C12H17F2N3O2. The molecule has 1 aliphatic rings. The molecule has 106 valence electrons. The Labute approximate surface area is 109 Å². The molecule has 1 aliphatic heterocycles. The number of nitrogens with zero attached hydrogens (tertiary/aromatic N) is 3. The average molecular weight is 273 g/mol. The van der Waals surface area contributed by atoms with E-state index < -0.39 is 12.5 Å². The Morgan fingerprint density at radius 3 is 3.00 bits per heavy atom. The fourth-order valence-corrected chi connectivity index (χ4v) is 2.53. The van der Waals surface area contributed by atoms with Crippen LogP contribution < -0.4 is 0 Å². The van der Waals surface area contributed by atoms with Gasteiger partial charge in [-0.25, -0.2) is 4.98 Å². The maximum atomic E-state index is 12.7. The largest absolute Gasteiger partial charge is 0.481 e. The third-order valence-electron chi connectivity index (χ3n) is 3.46. The number of carboxylic acids is 1. The van der Waals surface area contributed by atoms with E-state index in [2.05, 4.69) is 4.98 Å². The molecule has 0 aromatic carbocycles. The highest BCUT2D eigenvalue weighted by Gasteiger charge is 2.26. The number of rotatable bonds is 5. The van der Waals surface area contributed by atoms with Gasteiger partial charge in [-0.3, -0.25) is 14.3 Å². The highest BCUT2D eigenvalue weighted by atomic mass is 19.3. The molecule has 2 heterocycles. The third-order valence-corrected chi connectivity index (χ3v) is 3.46. The van der Waals surface area contributed by atoms with Gasteiger partial charge in [-0.15, -0.1) is 0 Å². The van der Waals surface area contributed by atoms with Crippen LogP contribution in [0.1, 0.15) is 38.1 Å². The number of aromatic nitrogens is 2. The number of likely N-dealkylation sites (tertiary alicyclic amines) is 1. The average Bonchev–Trinajstić information content (AvgIpc) is 2.79. The summed E-state index contributed by atoms with van der Waals surface area (Å²) in [6.45, 7) is -1.61. The summed E-state index contributed by atoms with van der Waals surface area (Å²) in [7, 11) is 0. The quantitative estimate of drug-likeness (QED) is 0.892. The minimum Gasteiger partial charge on any atom is -0.481 e. The van der Waals surface area contributed by atoms with Gasteiger partial charge < -0.3 is 5.11 Å². The van der Waals surface area contributed by atoms with Crippen LogP contribution in [0.15, 0.2) is 12.4 Å². The zero-order chi connectivity index (χ0) is 13.8. The minimum atomic E-state index is -2.61. The van der Waals surface area contributed by atoms with Gasteiger partial charge in [-0.05, 0) is 19.4 Å². The molecule has 0 amide bonds. The number of carbonyl (C=O) groups is 1. The van der Waals surface area contributed by atoms with E-state index in [4.69, 9.17) is 5.11 Å². The van der Waals surface area contributed by atoms with Gasteiger partial charge >= 0.3 is 12.5 Å². The van der Waals surface area contributed by atoms with Crippen molar-refractivity contribution in [3.8, 4) is 0 Å². The molecule has 1 fully saturated rings. The summed E-state index contributed by atoms with van der Waals surface area (Å²) in [5, 5.41) is 8.88. The second-order valence-electron chi connectivity index (χ2n) is 4.75. The van der Waals surface area contributed by atoms with Crippen LogP contribution in [0, 0.1) is 0 Å². The van der Waals surface area contributed by atoms with Crippen LogP contribution >= 0.6 is 0 Å². The lowest BCUT2D eigenvalue weighted by Gasteiger charge is -2.34. The number of halogens is 2. The van der Waals surface area contributed by atoms with Crippen LogP contribution in [0.5, 0.6) is 0 Å². The van der Waals surface area contributed by atoms with E-state index in [0.717, 1.165) is 30.4 Å². The Bertz CT molecular complexity index is 436. The number of hydrogen-bond donors (Lipinski definition) is 1. The van der Waals surface area contributed by atoms with E-state index in [0.29, 0.717) is 0 Å². The first-order chi connectivity index (χ1) is 9.08. The maximum absolute atomic E-state index is 12.7. The maximum Gasteiger partial charge on any atom is 0.319 e. The Balaban J connectivity index is 2.06. The number of aliphatic carboxylic acids is 1. The van der Waals surface area contributed by atoms with Crippen LogP contribution in [0.4, 0.5) is 8.78 Å². The van der Waals surface area contributed by atoms with E-state index in [1.165, 1.54) is 12.4 Å². The number of alkyl halides is 2. The fraction of sp³-hybridized carbons (Fsp3) is 0.667. The molecule has 1 aromatic rings. The first-order valence-corrected chi connectivity index (χ1v) is 6.33. The minimum absolute atomic E-state index is 0.0510. The molecule has 19 heavy (non-hydrogen) atoms. The number of imidazole rings is 1. The number of carboxylic acid groups (broad SMARTS) is 1. The zero-order valence-corrected chi connectivity index (χ0v) is 10.5.